The van der Waals surface area contributed by atoms with Crippen molar-refractivity contribution in [1.29, 1.82) is 0 Å². The average Bonchev–Trinajstić information content (AvgIpc) is 2.73. The van der Waals surface area contributed by atoms with Gasteiger partial charge in [0.1, 0.15) is 5.75 Å². The van der Waals surface area contributed by atoms with Crippen LogP contribution < -0.4 is 14.2 Å². The Balaban J connectivity index is 1.94. The first-order chi connectivity index (χ1) is 13.9. The van der Waals surface area contributed by atoms with E-state index in [1.165, 1.54) is 26.4 Å². The van der Waals surface area contributed by atoms with Crippen LogP contribution in [0.25, 0.3) is 0 Å². The predicted molar refractivity (Wildman–Crippen MR) is 108 cm³/mol. The van der Waals surface area contributed by atoms with Crippen LogP contribution in [0.2, 0.25) is 0 Å². The van der Waals surface area contributed by atoms with E-state index < -0.39 is 15.9 Å². The highest BCUT2D eigenvalue weighted by Crippen LogP contribution is 2.35. The lowest BCUT2D eigenvalue weighted by molar-refractivity contribution is 0.0849. The predicted octanol–water partition coefficient (Wildman–Crippen LogP) is 3.27. The number of nitrogens with zero attached hydrogens (tertiary/aromatic N) is 1. The highest BCUT2D eigenvalue weighted by Gasteiger charge is 2.35. The molecule has 0 saturated carbocycles. The SMILES string of the molecule is CCCCOc1cc2c(cc1OC)C(=O)N(S(=O)(=O)c1cccc(OC)c1)CC2. The van der Waals surface area contributed by atoms with Crippen LogP contribution in [0.15, 0.2) is 41.3 Å². The van der Waals surface area contributed by atoms with Gasteiger partial charge in [-0.1, -0.05) is 19.4 Å². The van der Waals surface area contributed by atoms with E-state index in [9.17, 15) is 13.2 Å². The third kappa shape index (κ3) is 4.17. The Hall–Kier alpha value is -2.74. The number of unbranched alkanes of at least 4 members (excludes halogenated alkanes) is 1. The molecule has 0 atom stereocenters. The third-order valence-corrected chi connectivity index (χ3v) is 6.59. The number of ether oxygens (including phenoxy) is 3. The van der Waals surface area contributed by atoms with Crippen molar-refractivity contribution in [3.8, 4) is 17.2 Å². The van der Waals surface area contributed by atoms with E-state index in [-0.39, 0.29) is 11.4 Å². The molecule has 1 aliphatic rings. The summed E-state index contributed by atoms with van der Waals surface area (Å²) in [5, 5.41) is 0. The Morgan fingerprint density at radius 1 is 1.07 bits per heavy atom. The summed E-state index contributed by atoms with van der Waals surface area (Å²) in [7, 11) is -1.05. The summed E-state index contributed by atoms with van der Waals surface area (Å²) >= 11 is 0. The van der Waals surface area contributed by atoms with Crippen LogP contribution in [0.3, 0.4) is 0 Å². The van der Waals surface area contributed by atoms with Gasteiger partial charge in [-0.3, -0.25) is 4.79 Å². The second kappa shape index (κ2) is 8.73. The molecule has 2 aromatic carbocycles. The van der Waals surface area contributed by atoms with Crippen molar-refractivity contribution in [2.24, 2.45) is 0 Å². The number of amides is 1. The number of rotatable bonds is 8. The van der Waals surface area contributed by atoms with Gasteiger partial charge >= 0.3 is 0 Å². The number of fused-ring (bicyclic) bond motifs is 1. The quantitative estimate of drug-likeness (QED) is 0.611. The number of sulfonamides is 1. The Bertz CT molecular complexity index is 1000. The molecule has 0 N–H and O–H groups in total. The van der Waals surface area contributed by atoms with Crippen molar-refractivity contribution in [1.82, 2.24) is 4.31 Å². The first-order valence-corrected chi connectivity index (χ1v) is 10.9. The molecule has 1 amide bonds. The van der Waals surface area contributed by atoms with Crippen molar-refractivity contribution in [3.63, 3.8) is 0 Å². The molecule has 0 saturated heterocycles. The van der Waals surface area contributed by atoms with Crippen molar-refractivity contribution < 1.29 is 27.4 Å². The first-order valence-electron chi connectivity index (χ1n) is 9.47. The molecule has 3 rings (SSSR count). The Morgan fingerprint density at radius 2 is 1.86 bits per heavy atom. The minimum atomic E-state index is -4.00. The van der Waals surface area contributed by atoms with Crippen molar-refractivity contribution >= 4 is 15.9 Å². The van der Waals surface area contributed by atoms with Gasteiger partial charge in [0.25, 0.3) is 15.9 Å². The van der Waals surface area contributed by atoms with Crippen LogP contribution in [0, 0.1) is 0 Å². The van der Waals surface area contributed by atoms with E-state index in [2.05, 4.69) is 6.92 Å². The molecule has 0 bridgehead atoms. The van der Waals surface area contributed by atoms with Gasteiger partial charge in [-0.05, 0) is 42.7 Å². The standard InChI is InChI=1S/C21H25NO6S/c1-4-5-11-28-20-12-15-9-10-22(21(23)18(15)14-19(20)27-3)29(24,25)17-8-6-7-16(13-17)26-2/h6-8,12-14H,4-5,9-11H2,1-3H3. The third-order valence-electron chi connectivity index (χ3n) is 4.82. The average molecular weight is 419 g/mol. The van der Waals surface area contributed by atoms with Crippen LogP contribution in [-0.2, 0) is 16.4 Å². The van der Waals surface area contributed by atoms with Crippen LogP contribution in [0.1, 0.15) is 35.7 Å². The van der Waals surface area contributed by atoms with Crippen molar-refractivity contribution in [2.45, 2.75) is 31.1 Å². The zero-order valence-electron chi connectivity index (χ0n) is 16.8. The minimum absolute atomic E-state index is 0.0140. The maximum absolute atomic E-state index is 13.1. The number of carbonyl (C=O) groups excluding carboxylic acids is 1. The summed E-state index contributed by atoms with van der Waals surface area (Å²) in [6.07, 6.45) is 2.31. The van der Waals surface area contributed by atoms with Crippen LogP contribution >= 0.6 is 0 Å². The lowest BCUT2D eigenvalue weighted by Gasteiger charge is -2.28. The second-order valence-electron chi connectivity index (χ2n) is 6.67. The Labute approximate surface area is 171 Å². The van der Waals surface area contributed by atoms with Gasteiger partial charge in [0.05, 0.1) is 25.7 Å². The molecule has 156 valence electrons. The number of benzene rings is 2. The molecule has 0 aromatic heterocycles. The number of hydrogen-bond acceptors (Lipinski definition) is 6. The van der Waals surface area contributed by atoms with Gasteiger partial charge in [0, 0.05) is 18.2 Å². The highest BCUT2D eigenvalue weighted by molar-refractivity contribution is 7.89. The van der Waals surface area contributed by atoms with Gasteiger partial charge < -0.3 is 14.2 Å². The van der Waals surface area contributed by atoms with Crippen LogP contribution in [0.4, 0.5) is 0 Å². The molecule has 7 nitrogen and oxygen atoms in total. The van der Waals surface area contributed by atoms with Gasteiger partial charge in [-0.25, -0.2) is 12.7 Å². The van der Waals surface area contributed by atoms with Crippen LogP contribution in [0.5, 0.6) is 17.2 Å². The molecular formula is C21H25NO6S. The molecule has 2 aromatic rings. The summed E-state index contributed by atoms with van der Waals surface area (Å²) in [4.78, 5) is 13.1. The molecule has 1 aliphatic heterocycles. The molecule has 0 unspecified atom stereocenters. The normalized spacial score (nSPS) is 13.8. The van der Waals surface area contributed by atoms with Crippen LogP contribution in [-0.4, -0.2) is 46.0 Å². The number of hydrogen-bond donors (Lipinski definition) is 0. The smallest absolute Gasteiger partial charge is 0.268 e. The number of carbonyl (C=O) groups is 1. The zero-order chi connectivity index (χ0) is 21.0. The molecule has 8 heteroatoms. The summed E-state index contributed by atoms with van der Waals surface area (Å²) in [6.45, 7) is 2.69. The topological polar surface area (TPSA) is 82.1 Å². The molecule has 0 aliphatic carbocycles. The number of methoxy groups -OCH3 is 2. The molecule has 1 heterocycles. The lowest BCUT2D eigenvalue weighted by atomic mass is 9.99. The maximum atomic E-state index is 13.1. The van der Waals surface area contributed by atoms with Gasteiger partial charge in [-0.2, -0.15) is 0 Å². The molecule has 0 fully saturated rings. The fourth-order valence-electron chi connectivity index (χ4n) is 3.18. The van der Waals surface area contributed by atoms with Crippen molar-refractivity contribution in [3.05, 3.63) is 47.5 Å². The van der Waals surface area contributed by atoms with Gasteiger partial charge in [-0.15, -0.1) is 0 Å². The van der Waals surface area contributed by atoms with E-state index in [4.69, 9.17) is 14.2 Å². The van der Waals surface area contributed by atoms with E-state index in [1.807, 2.05) is 0 Å². The van der Waals surface area contributed by atoms with Gasteiger partial charge in [0.15, 0.2) is 11.5 Å². The molecular weight excluding hydrogens is 394 g/mol. The lowest BCUT2D eigenvalue weighted by Crippen LogP contribution is -2.42. The minimum Gasteiger partial charge on any atom is -0.497 e. The summed E-state index contributed by atoms with van der Waals surface area (Å²) < 4.78 is 43.3. The summed E-state index contributed by atoms with van der Waals surface area (Å²) in [5.74, 6) is 0.810. The fraction of sp³-hybridized carbons (Fsp3) is 0.381. The van der Waals surface area contributed by atoms with Crippen molar-refractivity contribution in [2.75, 3.05) is 27.4 Å². The Morgan fingerprint density at radius 3 is 2.55 bits per heavy atom. The van der Waals surface area contributed by atoms with E-state index in [0.717, 1.165) is 22.7 Å². The molecule has 29 heavy (non-hydrogen) atoms. The molecule has 0 radical (unpaired) electrons. The highest BCUT2D eigenvalue weighted by atomic mass is 32.2. The largest absolute Gasteiger partial charge is 0.497 e. The first kappa shape index (κ1) is 21.0. The summed E-state index contributed by atoms with van der Waals surface area (Å²) in [6, 6.07) is 9.42. The fourth-order valence-corrected chi connectivity index (χ4v) is 4.60. The zero-order valence-corrected chi connectivity index (χ0v) is 17.6. The second-order valence-corrected chi connectivity index (χ2v) is 8.54. The van der Waals surface area contributed by atoms with E-state index in [1.54, 1.807) is 24.3 Å². The van der Waals surface area contributed by atoms with Gasteiger partial charge in [0.2, 0.25) is 0 Å². The van der Waals surface area contributed by atoms with E-state index >= 15 is 0 Å². The Kier molecular flexibility index (Phi) is 6.32. The maximum Gasteiger partial charge on any atom is 0.268 e. The van der Waals surface area contributed by atoms with E-state index in [0.29, 0.717) is 35.8 Å². The molecule has 0 spiro atoms. The summed E-state index contributed by atoms with van der Waals surface area (Å²) in [5.41, 5.74) is 1.06. The monoisotopic (exact) mass is 419 g/mol.